The van der Waals surface area contributed by atoms with Crippen molar-refractivity contribution in [2.24, 2.45) is 5.10 Å². The molecular formula is C17H19N5O2. The van der Waals surface area contributed by atoms with E-state index >= 15 is 0 Å². The number of hydrogen-bond acceptors (Lipinski definition) is 5. The molecule has 0 saturated heterocycles. The summed E-state index contributed by atoms with van der Waals surface area (Å²) in [6.07, 6.45) is 5.13. The molecule has 2 rings (SSSR count). The van der Waals surface area contributed by atoms with Gasteiger partial charge in [0.05, 0.1) is 12.6 Å². The molecule has 0 atom stereocenters. The summed E-state index contributed by atoms with van der Waals surface area (Å²) in [6, 6.07) is 9.92. The topological polar surface area (TPSA) is 96.3 Å². The smallest absolute Gasteiger partial charge is 0.291 e. The Morgan fingerprint density at radius 2 is 1.96 bits per heavy atom. The van der Waals surface area contributed by atoms with Crippen LogP contribution in [0, 0.1) is 0 Å². The number of carbonyl (C=O) groups is 2. The minimum absolute atomic E-state index is 0.121. The standard InChI is InChI=1S/C17H19N5O2/c1-13(21-22-17(24)15-12-18-9-10-19-15)11-16(23)20-8-7-14-5-3-2-4-6-14/h2-6,9-10,12H,7-8,11H2,1H3,(H,20,23)(H,22,24)/b21-13+. The number of carbonyl (C=O) groups excluding carboxylic acids is 2. The summed E-state index contributed by atoms with van der Waals surface area (Å²) in [5.41, 5.74) is 4.19. The van der Waals surface area contributed by atoms with Gasteiger partial charge in [-0.15, -0.1) is 0 Å². The SMILES string of the molecule is C/C(CC(=O)NCCc1ccccc1)=N\NC(=O)c1cnccn1. The number of amides is 2. The van der Waals surface area contributed by atoms with Crippen molar-refractivity contribution < 1.29 is 9.59 Å². The summed E-state index contributed by atoms with van der Waals surface area (Å²) >= 11 is 0. The molecule has 0 unspecified atom stereocenters. The van der Waals surface area contributed by atoms with Crippen LogP contribution in [0.3, 0.4) is 0 Å². The number of nitrogens with one attached hydrogen (secondary N) is 2. The van der Waals surface area contributed by atoms with Crippen LogP contribution < -0.4 is 10.7 Å². The van der Waals surface area contributed by atoms with Gasteiger partial charge in [0.2, 0.25) is 5.91 Å². The fourth-order valence-electron chi connectivity index (χ4n) is 1.95. The van der Waals surface area contributed by atoms with Crippen molar-refractivity contribution in [2.75, 3.05) is 6.54 Å². The van der Waals surface area contributed by atoms with Gasteiger partial charge in [-0.1, -0.05) is 30.3 Å². The first-order chi connectivity index (χ1) is 11.6. The first kappa shape index (κ1) is 17.3. The summed E-state index contributed by atoms with van der Waals surface area (Å²) in [5, 5.41) is 6.72. The first-order valence-corrected chi connectivity index (χ1v) is 7.55. The maximum Gasteiger partial charge on any atom is 0.291 e. The average molecular weight is 325 g/mol. The van der Waals surface area contributed by atoms with Gasteiger partial charge < -0.3 is 5.32 Å². The summed E-state index contributed by atoms with van der Waals surface area (Å²) in [7, 11) is 0. The summed E-state index contributed by atoms with van der Waals surface area (Å²) < 4.78 is 0. The second-order valence-electron chi connectivity index (χ2n) is 5.14. The highest BCUT2D eigenvalue weighted by Crippen LogP contribution is 1.98. The number of nitrogens with zero attached hydrogens (tertiary/aromatic N) is 3. The molecule has 0 bridgehead atoms. The second kappa shape index (κ2) is 9.14. The van der Waals surface area contributed by atoms with Gasteiger partial charge in [0.25, 0.3) is 5.91 Å². The zero-order chi connectivity index (χ0) is 17.2. The van der Waals surface area contributed by atoms with Crippen molar-refractivity contribution >= 4 is 17.5 Å². The largest absolute Gasteiger partial charge is 0.355 e. The summed E-state index contributed by atoms with van der Waals surface area (Å²) in [6.45, 7) is 2.23. The third kappa shape index (κ3) is 5.96. The lowest BCUT2D eigenvalue weighted by Crippen LogP contribution is -2.28. The van der Waals surface area contributed by atoms with Gasteiger partial charge in [-0.05, 0) is 18.9 Å². The van der Waals surface area contributed by atoms with Crippen molar-refractivity contribution in [1.82, 2.24) is 20.7 Å². The Morgan fingerprint density at radius 3 is 2.67 bits per heavy atom. The normalized spacial score (nSPS) is 11.0. The monoisotopic (exact) mass is 325 g/mol. The van der Waals surface area contributed by atoms with Gasteiger partial charge in [0, 0.05) is 24.7 Å². The second-order valence-corrected chi connectivity index (χ2v) is 5.14. The molecule has 2 amide bonds. The van der Waals surface area contributed by atoms with Gasteiger partial charge >= 0.3 is 0 Å². The number of benzene rings is 1. The van der Waals surface area contributed by atoms with E-state index < -0.39 is 5.91 Å². The third-order valence-corrected chi connectivity index (χ3v) is 3.14. The molecule has 0 saturated carbocycles. The molecule has 7 heteroatoms. The van der Waals surface area contributed by atoms with Crippen molar-refractivity contribution in [3.05, 3.63) is 60.2 Å². The molecule has 0 aliphatic rings. The molecule has 0 fully saturated rings. The number of rotatable bonds is 7. The molecule has 2 aromatic rings. The zero-order valence-corrected chi connectivity index (χ0v) is 13.4. The van der Waals surface area contributed by atoms with E-state index in [1.807, 2.05) is 30.3 Å². The van der Waals surface area contributed by atoms with Gasteiger partial charge in [0.15, 0.2) is 0 Å². The maximum atomic E-state index is 11.8. The molecule has 1 heterocycles. The highest BCUT2D eigenvalue weighted by molar-refractivity contribution is 6.00. The number of aromatic nitrogens is 2. The predicted octanol–water partition coefficient (Wildman–Crippen LogP) is 1.33. The summed E-state index contributed by atoms with van der Waals surface area (Å²) in [5.74, 6) is -0.604. The Kier molecular flexibility index (Phi) is 6.58. The van der Waals surface area contributed by atoms with E-state index in [2.05, 4.69) is 25.8 Å². The van der Waals surface area contributed by atoms with Gasteiger partial charge in [-0.25, -0.2) is 10.4 Å². The highest BCUT2D eigenvalue weighted by atomic mass is 16.2. The van der Waals surface area contributed by atoms with Crippen LogP contribution in [0.4, 0.5) is 0 Å². The first-order valence-electron chi connectivity index (χ1n) is 7.55. The Morgan fingerprint density at radius 1 is 1.17 bits per heavy atom. The van der Waals surface area contributed by atoms with Gasteiger partial charge in [0.1, 0.15) is 5.69 Å². The molecular weight excluding hydrogens is 306 g/mol. The van der Waals surface area contributed by atoms with E-state index in [9.17, 15) is 9.59 Å². The Labute approximate surface area is 140 Å². The number of hydrazone groups is 1. The zero-order valence-electron chi connectivity index (χ0n) is 13.4. The third-order valence-electron chi connectivity index (χ3n) is 3.14. The molecule has 24 heavy (non-hydrogen) atoms. The molecule has 7 nitrogen and oxygen atoms in total. The Balaban J connectivity index is 1.71. The van der Waals surface area contributed by atoms with Crippen LogP contribution in [0.5, 0.6) is 0 Å². The lowest BCUT2D eigenvalue weighted by Gasteiger charge is -2.05. The fraction of sp³-hybridized carbons (Fsp3) is 0.235. The Bertz CT molecular complexity index is 701. The molecule has 0 aliphatic carbocycles. The number of hydrogen-bond donors (Lipinski definition) is 2. The molecule has 0 spiro atoms. The van der Waals surface area contributed by atoms with Crippen LogP contribution in [0.15, 0.2) is 54.0 Å². The van der Waals surface area contributed by atoms with Crippen LogP contribution in [-0.4, -0.2) is 34.0 Å². The van der Waals surface area contributed by atoms with E-state index in [1.54, 1.807) is 6.92 Å². The van der Waals surface area contributed by atoms with E-state index in [0.29, 0.717) is 12.3 Å². The molecule has 0 aliphatic heterocycles. The molecule has 1 aromatic heterocycles. The van der Waals surface area contributed by atoms with Crippen LogP contribution in [-0.2, 0) is 11.2 Å². The Hall–Kier alpha value is -3.09. The quantitative estimate of drug-likeness (QED) is 0.593. The van der Waals surface area contributed by atoms with Crippen molar-refractivity contribution in [2.45, 2.75) is 19.8 Å². The van der Waals surface area contributed by atoms with Crippen LogP contribution in [0.1, 0.15) is 29.4 Å². The van der Waals surface area contributed by atoms with Crippen molar-refractivity contribution in [1.29, 1.82) is 0 Å². The average Bonchev–Trinajstić information content (AvgIpc) is 2.61. The molecule has 2 N–H and O–H groups in total. The maximum absolute atomic E-state index is 11.8. The minimum atomic E-state index is -0.466. The van der Waals surface area contributed by atoms with E-state index in [0.717, 1.165) is 6.42 Å². The van der Waals surface area contributed by atoms with Gasteiger partial charge in [-0.2, -0.15) is 5.10 Å². The summed E-state index contributed by atoms with van der Waals surface area (Å²) in [4.78, 5) is 31.2. The molecule has 0 radical (unpaired) electrons. The van der Waals surface area contributed by atoms with E-state index in [4.69, 9.17) is 0 Å². The van der Waals surface area contributed by atoms with Crippen LogP contribution >= 0.6 is 0 Å². The lowest BCUT2D eigenvalue weighted by molar-refractivity contribution is -0.119. The van der Waals surface area contributed by atoms with Crippen LogP contribution in [0.25, 0.3) is 0 Å². The van der Waals surface area contributed by atoms with E-state index in [1.165, 1.54) is 24.2 Å². The van der Waals surface area contributed by atoms with E-state index in [-0.39, 0.29) is 18.0 Å². The van der Waals surface area contributed by atoms with Crippen molar-refractivity contribution in [3.8, 4) is 0 Å². The molecule has 124 valence electrons. The lowest BCUT2D eigenvalue weighted by atomic mass is 10.1. The predicted molar refractivity (Wildman–Crippen MR) is 90.4 cm³/mol. The van der Waals surface area contributed by atoms with Crippen LogP contribution in [0.2, 0.25) is 0 Å². The van der Waals surface area contributed by atoms with Crippen molar-refractivity contribution in [3.63, 3.8) is 0 Å². The molecule has 1 aromatic carbocycles. The van der Waals surface area contributed by atoms with Gasteiger partial charge in [-0.3, -0.25) is 14.6 Å². The minimum Gasteiger partial charge on any atom is -0.355 e. The highest BCUT2D eigenvalue weighted by Gasteiger charge is 2.07. The fourth-order valence-corrected chi connectivity index (χ4v) is 1.95.